The Morgan fingerprint density at radius 2 is 1.74 bits per heavy atom. The maximum absolute atomic E-state index is 12.9. The van der Waals surface area contributed by atoms with E-state index in [1.54, 1.807) is 17.0 Å². The first-order chi connectivity index (χ1) is 11.1. The molecular formula is C17H17FN2O3. The van der Waals surface area contributed by atoms with Crippen LogP contribution in [-0.4, -0.2) is 54.2 Å². The summed E-state index contributed by atoms with van der Waals surface area (Å²) in [6.45, 7) is 2.62. The van der Waals surface area contributed by atoms with Crippen LogP contribution in [0.15, 0.2) is 47.1 Å². The van der Waals surface area contributed by atoms with Crippen LogP contribution in [-0.2, 0) is 0 Å². The summed E-state index contributed by atoms with van der Waals surface area (Å²) in [5.41, 5.74) is 0.500. The molecule has 6 heteroatoms. The summed E-state index contributed by atoms with van der Waals surface area (Å²) in [6, 6.07) is 8.89. The highest BCUT2D eigenvalue weighted by atomic mass is 19.1. The van der Waals surface area contributed by atoms with E-state index >= 15 is 0 Å². The highest BCUT2D eigenvalue weighted by molar-refractivity contribution is 5.97. The van der Waals surface area contributed by atoms with Crippen molar-refractivity contribution in [3.63, 3.8) is 0 Å². The number of carbonyl (C=O) groups excluding carboxylic acids is 2. The molecule has 1 aliphatic rings. The van der Waals surface area contributed by atoms with Gasteiger partial charge in [0, 0.05) is 31.7 Å². The van der Waals surface area contributed by atoms with E-state index in [0.29, 0.717) is 37.5 Å². The second kappa shape index (κ2) is 6.75. The summed E-state index contributed by atoms with van der Waals surface area (Å²) in [7, 11) is 0. The highest BCUT2D eigenvalue weighted by Gasteiger charge is 2.24. The predicted molar refractivity (Wildman–Crippen MR) is 81.8 cm³/mol. The maximum atomic E-state index is 12.9. The molecule has 0 bridgehead atoms. The number of hydrogen-bond acceptors (Lipinski definition) is 4. The van der Waals surface area contributed by atoms with Crippen molar-refractivity contribution in [1.82, 2.24) is 9.80 Å². The number of piperazine rings is 1. The van der Waals surface area contributed by atoms with Gasteiger partial charge in [0.05, 0.1) is 12.8 Å². The first-order valence-corrected chi connectivity index (χ1v) is 7.47. The van der Waals surface area contributed by atoms with E-state index in [9.17, 15) is 14.0 Å². The number of ketones is 1. The number of halogens is 1. The van der Waals surface area contributed by atoms with E-state index in [1.807, 2.05) is 4.90 Å². The van der Waals surface area contributed by atoms with Crippen molar-refractivity contribution in [2.24, 2.45) is 0 Å². The Morgan fingerprint density at radius 1 is 1.04 bits per heavy atom. The Morgan fingerprint density at radius 3 is 2.35 bits per heavy atom. The molecule has 1 aromatic heterocycles. The summed E-state index contributed by atoms with van der Waals surface area (Å²) < 4.78 is 18.0. The molecule has 120 valence electrons. The molecule has 5 nitrogen and oxygen atoms in total. The third-order valence-corrected chi connectivity index (χ3v) is 3.92. The molecule has 0 aliphatic carbocycles. The zero-order valence-corrected chi connectivity index (χ0v) is 12.6. The zero-order valence-electron chi connectivity index (χ0n) is 12.6. The van der Waals surface area contributed by atoms with Gasteiger partial charge >= 0.3 is 0 Å². The third kappa shape index (κ3) is 3.65. The average molecular weight is 316 g/mol. The van der Waals surface area contributed by atoms with Crippen molar-refractivity contribution < 1.29 is 18.4 Å². The Balaban J connectivity index is 1.52. The first-order valence-electron chi connectivity index (χ1n) is 7.47. The minimum atomic E-state index is -0.355. The Labute approximate surface area is 133 Å². The van der Waals surface area contributed by atoms with Gasteiger partial charge in [-0.15, -0.1) is 0 Å². The van der Waals surface area contributed by atoms with Crippen molar-refractivity contribution in [3.8, 4) is 0 Å². The number of Topliss-reactive ketones (excluding diaryl/α,β-unsaturated/α-hetero) is 1. The predicted octanol–water partition coefficient (Wildman–Crippen LogP) is 2.06. The molecule has 0 saturated carbocycles. The van der Waals surface area contributed by atoms with Crippen molar-refractivity contribution in [2.75, 3.05) is 32.7 Å². The molecule has 23 heavy (non-hydrogen) atoms. The molecule has 0 atom stereocenters. The summed E-state index contributed by atoms with van der Waals surface area (Å²) in [4.78, 5) is 28.0. The summed E-state index contributed by atoms with van der Waals surface area (Å²) >= 11 is 0. The monoisotopic (exact) mass is 316 g/mol. The summed E-state index contributed by atoms with van der Waals surface area (Å²) in [5.74, 6) is -0.192. The third-order valence-electron chi connectivity index (χ3n) is 3.92. The van der Waals surface area contributed by atoms with Crippen LogP contribution in [0.2, 0.25) is 0 Å². The number of furan rings is 1. The normalized spacial score (nSPS) is 15.6. The Hall–Kier alpha value is -2.47. The second-order valence-corrected chi connectivity index (χ2v) is 5.48. The van der Waals surface area contributed by atoms with Crippen molar-refractivity contribution in [3.05, 3.63) is 59.8 Å². The molecule has 1 fully saturated rings. The van der Waals surface area contributed by atoms with Crippen LogP contribution in [0.3, 0.4) is 0 Å². The van der Waals surface area contributed by atoms with Gasteiger partial charge in [-0.2, -0.15) is 0 Å². The van der Waals surface area contributed by atoms with Crippen LogP contribution in [0.5, 0.6) is 0 Å². The molecule has 2 aromatic rings. The minimum absolute atomic E-state index is 0.0455. The van der Waals surface area contributed by atoms with Crippen LogP contribution in [0.4, 0.5) is 4.39 Å². The van der Waals surface area contributed by atoms with Gasteiger partial charge in [-0.1, -0.05) is 0 Å². The maximum Gasteiger partial charge on any atom is 0.289 e. The van der Waals surface area contributed by atoms with Gasteiger partial charge in [0.25, 0.3) is 5.91 Å². The van der Waals surface area contributed by atoms with Gasteiger partial charge in [-0.3, -0.25) is 14.5 Å². The molecular weight excluding hydrogens is 299 g/mol. The van der Waals surface area contributed by atoms with Crippen molar-refractivity contribution in [1.29, 1.82) is 0 Å². The minimum Gasteiger partial charge on any atom is -0.459 e. The fraction of sp³-hybridized carbons (Fsp3) is 0.294. The molecule has 1 aromatic carbocycles. The quantitative estimate of drug-likeness (QED) is 0.810. The Bertz CT molecular complexity index is 674. The topological polar surface area (TPSA) is 53.8 Å². The largest absolute Gasteiger partial charge is 0.459 e. The second-order valence-electron chi connectivity index (χ2n) is 5.48. The van der Waals surface area contributed by atoms with E-state index in [2.05, 4.69) is 0 Å². The van der Waals surface area contributed by atoms with Gasteiger partial charge in [-0.05, 0) is 36.4 Å². The number of rotatable bonds is 4. The highest BCUT2D eigenvalue weighted by Crippen LogP contribution is 2.11. The first kappa shape index (κ1) is 15.4. The van der Waals surface area contributed by atoms with E-state index < -0.39 is 0 Å². The van der Waals surface area contributed by atoms with Crippen LogP contribution in [0.1, 0.15) is 20.9 Å². The smallest absolute Gasteiger partial charge is 0.289 e. The molecule has 1 amide bonds. The van der Waals surface area contributed by atoms with Gasteiger partial charge < -0.3 is 9.32 Å². The number of benzene rings is 1. The van der Waals surface area contributed by atoms with Crippen LogP contribution >= 0.6 is 0 Å². The van der Waals surface area contributed by atoms with Crippen LogP contribution in [0, 0.1) is 5.82 Å². The molecule has 1 aliphatic heterocycles. The van der Waals surface area contributed by atoms with Crippen LogP contribution < -0.4 is 0 Å². The Kier molecular flexibility index (Phi) is 4.52. The average Bonchev–Trinajstić information content (AvgIpc) is 3.10. The molecule has 0 radical (unpaired) electrons. The summed E-state index contributed by atoms with van der Waals surface area (Å²) in [6.07, 6.45) is 1.48. The SMILES string of the molecule is O=C(CN1CCN(C(=O)c2ccco2)CC1)c1ccc(F)cc1. The zero-order chi connectivity index (χ0) is 16.2. The molecule has 0 unspecified atom stereocenters. The summed E-state index contributed by atoms with van der Waals surface area (Å²) in [5, 5.41) is 0. The number of hydrogen-bond donors (Lipinski definition) is 0. The lowest BCUT2D eigenvalue weighted by molar-refractivity contribution is 0.0596. The van der Waals surface area contributed by atoms with Crippen molar-refractivity contribution in [2.45, 2.75) is 0 Å². The molecule has 2 heterocycles. The van der Waals surface area contributed by atoms with E-state index in [-0.39, 0.29) is 24.1 Å². The standard InChI is InChI=1S/C17H17FN2O3/c18-14-5-3-13(4-6-14)15(21)12-19-7-9-20(10-8-19)17(22)16-2-1-11-23-16/h1-6,11H,7-10,12H2. The van der Waals surface area contributed by atoms with Gasteiger partial charge in [0.1, 0.15) is 5.82 Å². The van der Waals surface area contributed by atoms with Gasteiger partial charge in [-0.25, -0.2) is 4.39 Å². The van der Waals surface area contributed by atoms with E-state index in [0.717, 1.165) is 0 Å². The van der Waals surface area contributed by atoms with Gasteiger partial charge in [0.15, 0.2) is 11.5 Å². The lowest BCUT2D eigenvalue weighted by atomic mass is 10.1. The molecule has 0 spiro atoms. The van der Waals surface area contributed by atoms with Crippen LogP contribution in [0.25, 0.3) is 0 Å². The molecule has 0 N–H and O–H groups in total. The van der Waals surface area contributed by atoms with E-state index in [1.165, 1.54) is 30.5 Å². The van der Waals surface area contributed by atoms with E-state index in [4.69, 9.17) is 4.42 Å². The number of carbonyl (C=O) groups is 2. The fourth-order valence-electron chi connectivity index (χ4n) is 2.60. The van der Waals surface area contributed by atoms with Crippen molar-refractivity contribution >= 4 is 11.7 Å². The lowest BCUT2D eigenvalue weighted by Crippen LogP contribution is -2.49. The fourth-order valence-corrected chi connectivity index (χ4v) is 2.60. The number of nitrogens with zero attached hydrogens (tertiary/aromatic N) is 2. The number of amides is 1. The molecule has 3 rings (SSSR count). The lowest BCUT2D eigenvalue weighted by Gasteiger charge is -2.33. The van der Waals surface area contributed by atoms with Gasteiger partial charge in [0.2, 0.25) is 0 Å². The molecule has 1 saturated heterocycles.